The molecule has 0 unspecified atom stereocenters. The third-order valence-electron chi connectivity index (χ3n) is 6.99. The first-order valence-electron chi connectivity index (χ1n) is 12.9. The van der Waals surface area contributed by atoms with E-state index in [0.29, 0.717) is 12.4 Å². The lowest BCUT2D eigenvalue weighted by atomic mass is 9.87. The van der Waals surface area contributed by atoms with Crippen molar-refractivity contribution >= 4 is 40.7 Å². The number of rotatable bonds is 6. The molecular weight excluding hydrogens is 526 g/mol. The first-order valence-corrected chi connectivity index (χ1v) is 14.9. The third-order valence-corrected chi connectivity index (χ3v) is 8.95. The Bertz CT molecular complexity index is 1490. The molecule has 0 fully saturated rings. The van der Waals surface area contributed by atoms with E-state index in [1.165, 1.54) is 0 Å². The van der Waals surface area contributed by atoms with Gasteiger partial charge in [-0.1, -0.05) is 32.9 Å². The van der Waals surface area contributed by atoms with E-state index < -0.39 is 0 Å². The lowest BCUT2D eigenvalue weighted by Crippen LogP contribution is -2.42. The van der Waals surface area contributed by atoms with Crippen molar-refractivity contribution in [1.29, 1.82) is 0 Å². The molecule has 4 aromatic rings. The van der Waals surface area contributed by atoms with E-state index >= 15 is 0 Å². The highest BCUT2D eigenvalue weighted by Gasteiger charge is 2.40. The quantitative estimate of drug-likeness (QED) is 0.326. The second-order valence-corrected chi connectivity index (χ2v) is 12.7. The number of hydrogen-bond donors (Lipinski definition) is 1. The number of carbonyl (C=O) groups excluding carboxylic acids is 2. The maximum Gasteiger partial charge on any atom is 0.240 e. The topological polar surface area (TPSA) is 80.1 Å². The van der Waals surface area contributed by atoms with E-state index in [0.717, 1.165) is 39.2 Å². The standard InChI is InChI=1S/C30H33N5O2S2/c1-19-7-6-8-23(20(19)2)35-29-26(28(33-35)30(3,4)5)27(22-11-14-38-17-22)39-18-25(37)34(29)16-24(36)32-15-21-9-12-31-13-10-21/h6-14,17,27H,15-16,18H2,1-5H3,(H,32,36)/t27-/m1/s1. The van der Waals surface area contributed by atoms with Gasteiger partial charge >= 0.3 is 0 Å². The molecule has 39 heavy (non-hydrogen) atoms. The van der Waals surface area contributed by atoms with Crippen LogP contribution in [-0.2, 0) is 21.5 Å². The number of carbonyl (C=O) groups is 2. The summed E-state index contributed by atoms with van der Waals surface area (Å²) in [6, 6.07) is 12.0. The Balaban J connectivity index is 1.66. The molecular formula is C30H33N5O2S2. The SMILES string of the molecule is Cc1cccc(-n2nc(C(C)(C)C)c3c2N(CC(=O)NCc2ccncc2)C(=O)CS[C@@H]3c2ccsc2)c1C. The molecule has 3 aromatic heterocycles. The van der Waals surface area contributed by atoms with Crippen LogP contribution >= 0.6 is 23.1 Å². The summed E-state index contributed by atoms with van der Waals surface area (Å²) < 4.78 is 1.90. The highest BCUT2D eigenvalue weighted by Crippen LogP contribution is 2.49. The summed E-state index contributed by atoms with van der Waals surface area (Å²) in [6.07, 6.45) is 3.40. The molecule has 1 aliphatic heterocycles. The zero-order valence-corrected chi connectivity index (χ0v) is 24.5. The minimum absolute atomic E-state index is 0.0758. The predicted molar refractivity (Wildman–Crippen MR) is 159 cm³/mol. The van der Waals surface area contributed by atoms with Crippen molar-refractivity contribution in [3.63, 3.8) is 0 Å². The Labute approximate surface area is 237 Å². The number of thiophene rings is 1. The number of nitrogens with zero attached hydrogens (tertiary/aromatic N) is 4. The monoisotopic (exact) mass is 559 g/mol. The van der Waals surface area contributed by atoms with Gasteiger partial charge in [-0.3, -0.25) is 19.5 Å². The molecule has 0 radical (unpaired) electrons. The molecule has 9 heteroatoms. The first-order chi connectivity index (χ1) is 18.6. The van der Waals surface area contributed by atoms with E-state index in [1.54, 1.807) is 40.4 Å². The zero-order chi connectivity index (χ0) is 27.7. The van der Waals surface area contributed by atoms with Crippen molar-refractivity contribution in [2.45, 2.75) is 51.8 Å². The second-order valence-electron chi connectivity index (χ2n) is 10.8. The summed E-state index contributed by atoms with van der Waals surface area (Å²) >= 11 is 3.25. The van der Waals surface area contributed by atoms with Gasteiger partial charge in [0.05, 0.1) is 22.4 Å². The fourth-order valence-corrected chi connectivity index (χ4v) is 6.75. The summed E-state index contributed by atoms with van der Waals surface area (Å²) in [5, 5.41) is 12.3. The van der Waals surface area contributed by atoms with Crippen LogP contribution in [0.2, 0.25) is 0 Å². The lowest BCUT2D eigenvalue weighted by molar-refractivity contribution is -0.123. The first kappa shape index (κ1) is 27.1. The number of fused-ring (bicyclic) bond motifs is 1. The largest absolute Gasteiger partial charge is 0.350 e. The number of benzene rings is 1. The van der Waals surface area contributed by atoms with E-state index in [1.807, 2.05) is 28.9 Å². The van der Waals surface area contributed by atoms with Crippen molar-refractivity contribution in [1.82, 2.24) is 20.1 Å². The third kappa shape index (κ3) is 5.51. The molecule has 202 valence electrons. The van der Waals surface area contributed by atoms with Crippen molar-refractivity contribution in [3.8, 4) is 5.69 Å². The van der Waals surface area contributed by atoms with Gasteiger partial charge < -0.3 is 5.32 Å². The van der Waals surface area contributed by atoms with Gasteiger partial charge in [-0.25, -0.2) is 4.68 Å². The molecule has 1 N–H and O–H groups in total. The van der Waals surface area contributed by atoms with Crippen LogP contribution in [0.3, 0.4) is 0 Å². The van der Waals surface area contributed by atoms with Crippen LogP contribution in [0, 0.1) is 13.8 Å². The summed E-state index contributed by atoms with van der Waals surface area (Å²) in [7, 11) is 0. The Morgan fingerprint density at radius 2 is 1.90 bits per heavy atom. The molecule has 4 heterocycles. The number of hydrogen-bond acceptors (Lipinski definition) is 6. The van der Waals surface area contributed by atoms with Crippen LogP contribution in [-0.4, -0.2) is 38.9 Å². The molecule has 2 amide bonds. The average Bonchev–Trinajstić information content (AvgIpc) is 3.55. The highest BCUT2D eigenvalue weighted by atomic mass is 32.2. The van der Waals surface area contributed by atoms with Crippen LogP contribution in [0.5, 0.6) is 0 Å². The van der Waals surface area contributed by atoms with Gasteiger partial charge in [0.25, 0.3) is 0 Å². The Morgan fingerprint density at radius 3 is 2.59 bits per heavy atom. The van der Waals surface area contributed by atoms with Gasteiger partial charge in [-0.05, 0) is 71.1 Å². The molecule has 0 saturated carbocycles. The van der Waals surface area contributed by atoms with E-state index in [2.05, 4.69) is 67.8 Å². The van der Waals surface area contributed by atoms with Gasteiger partial charge in [0, 0.05) is 29.9 Å². The minimum atomic E-state index is -0.287. The van der Waals surface area contributed by atoms with Crippen LogP contribution in [0.25, 0.3) is 5.69 Å². The smallest absolute Gasteiger partial charge is 0.240 e. The van der Waals surface area contributed by atoms with Gasteiger partial charge in [0.2, 0.25) is 11.8 Å². The maximum atomic E-state index is 13.8. The molecule has 5 rings (SSSR count). The Hall–Kier alpha value is -3.43. The molecule has 0 spiro atoms. The highest BCUT2D eigenvalue weighted by molar-refractivity contribution is 8.00. The summed E-state index contributed by atoms with van der Waals surface area (Å²) in [4.78, 5) is 32.7. The minimum Gasteiger partial charge on any atom is -0.350 e. The molecule has 7 nitrogen and oxygen atoms in total. The lowest BCUT2D eigenvalue weighted by Gasteiger charge is -2.24. The number of pyridine rings is 1. The summed E-state index contributed by atoms with van der Waals surface area (Å²) in [5.74, 6) is 0.614. The number of thioether (sulfide) groups is 1. The van der Waals surface area contributed by atoms with E-state index in [-0.39, 0.29) is 34.8 Å². The molecule has 1 aliphatic rings. The van der Waals surface area contributed by atoms with E-state index in [4.69, 9.17) is 5.10 Å². The zero-order valence-electron chi connectivity index (χ0n) is 22.9. The second kappa shape index (κ2) is 11.0. The number of aryl methyl sites for hydroxylation is 1. The van der Waals surface area contributed by atoms with Gasteiger partial charge in [0.1, 0.15) is 12.4 Å². The van der Waals surface area contributed by atoms with Crippen molar-refractivity contribution in [2.24, 2.45) is 0 Å². The van der Waals surface area contributed by atoms with E-state index in [9.17, 15) is 9.59 Å². The summed E-state index contributed by atoms with van der Waals surface area (Å²) in [6.45, 7) is 10.9. The van der Waals surface area contributed by atoms with Crippen molar-refractivity contribution in [2.75, 3.05) is 17.2 Å². The predicted octanol–water partition coefficient (Wildman–Crippen LogP) is 5.73. The fourth-order valence-electron chi connectivity index (χ4n) is 4.79. The number of nitrogens with one attached hydrogen (secondary N) is 1. The molecule has 0 saturated heterocycles. The van der Waals surface area contributed by atoms with Crippen LogP contribution in [0.15, 0.2) is 59.6 Å². The van der Waals surface area contributed by atoms with Crippen molar-refractivity contribution < 1.29 is 9.59 Å². The number of amides is 2. The fraction of sp³-hybridized carbons (Fsp3) is 0.333. The maximum absolute atomic E-state index is 13.8. The van der Waals surface area contributed by atoms with Crippen LogP contribution < -0.4 is 10.2 Å². The van der Waals surface area contributed by atoms with Gasteiger partial charge in [-0.2, -0.15) is 16.4 Å². The van der Waals surface area contributed by atoms with Crippen LogP contribution in [0.1, 0.15) is 59.5 Å². The Kier molecular flexibility index (Phi) is 7.64. The van der Waals surface area contributed by atoms with Crippen LogP contribution in [0.4, 0.5) is 5.82 Å². The molecule has 1 atom stereocenters. The van der Waals surface area contributed by atoms with Gasteiger partial charge in [0.15, 0.2) is 0 Å². The summed E-state index contributed by atoms with van der Waals surface area (Å²) in [5.41, 5.74) is 6.87. The van der Waals surface area contributed by atoms with Crippen molar-refractivity contribution in [3.05, 3.63) is 93.1 Å². The average molecular weight is 560 g/mol. The molecule has 0 bridgehead atoms. The normalized spacial score (nSPS) is 15.7. The van der Waals surface area contributed by atoms with Gasteiger partial charge in [-0.15, -0.1) is 11.8 Å². The molecule has 1 aromatic carbocycles. The Morgan fingerprint density at radius 1 is 1.13 bits per heavy atom. The number of aromatic nitrogens is 3. The number of anilines is 1. The molecule has 0 aliphatic carbocycles.